The van der Waals surface area contributed by atoms with Crippen LogP contribution in [0, 0.1) is 0 Å². The van der Waals surface area contributed by atoms with Crippen molar-refractivity contribution < 1.29 is 4.79 Å². The van der Waals surface area contributed by atoms with E-state index in [1.807, 2.05) is 11.0 Å². The number of nitrogens with one attached hydrogen (secondary N) is 1. The molecule has 1 aromatic heterocycles. The number of aromatic nitrogens is 2. The molecule has 0 saturated carbocycles. The van der Waals surface area contributed by atoms with E-state index in [-0.39, 0.29) is 5.91 Å². The third kappa shape index (κ3) is 3.96. The Morgan fingerprint density at radius 2 is 2.12 bits per heavy atom. The van der Waals surface area contributed by atoms with Gasteiger partial charge in [-0.3, -0.25) is 9.48 Å². The fraction of sp³-hybridized carbons (Fsp3) is 0.684. The first-order chi connectivity index (χ1) is 12.1. The number of nitrogens with zero attached hydrogens (tertiary/aromatic N) is 4. The molecule has 1 aromatic rings. The number of hydrogen-bond acceptors (Lipinski definition) is 4. The van der Waals surface area contributed by atoms with Crippen LogP contribution >= 0.6 is 0 Å². The van der Waals surface area contributed by atoms with Gasteiger partial charge in [0.2, 0.25) is 0 Å². The van der Waals surface area contributed by atoms with Crippen LogP contribution in [0.25, 0.3) is 0 Å². The Bertz CT molecular complexity index is 616. The third-order valence-electron chi connectivity index (χ3n) is 5.33. The van der Waals surface area contributed by atoms with Crippen LogP contribution in [0.1, 0.15) is 41.5 Å². The zero-order valence-corrected chi connectivity index (χ0v) is 15.6. The topological polar surface area (TPSA) is 53.4 Å². The number of fused-ring (bicyclic) bond motifs is 1. The third-order valence-corrected chi connectivity index (χ3v) is 5.33. The van der Waals surface area contributed by atoms with E-state index in [0.717, 1.165) is 65.0 Å². The second-order valence-corrected chi connectivity index (χ2v) is 7.23. The summed E-state index contributed by atoms with van der Waals surface area (Å²) in [6.45, 7) is 11.1. The van der Waals surface area contributed by atoms with E-state index in [1.54, 1.807) is 0 Å². The maximum Gasteiger partial charge on any atom is 0.274 e. The molecule has 2 heterocycles. The summed E-state index contributed by atoms with van der Waals surface area (Å²) in [5, 5.41) is 8.27. The molecule has 0 aromatic carbocycles. The Morgan fingerprint density at radius 3 is 2.80 bits per heavy atom. The van der Waals surface area contributed by atoms with Crippen molar-refractivity contribution in [3.8, 4) is 0 Å². The van der Waals surface area contributed by atoms with Crippen LogP contribution in [-0.2, 0) is 19.4 Å². The molecule has 138 valence electrons. The molecule has 1 aliphatic heterocycles. The average molecular weight is 345 g/mol. The summed E-state index contributed by atoms with van der Waals surface area (Å²) in [5.41, 5.74) is 3.14. The van der Waals surface area contributed by atoms with Crippen molar-refractivity contribution in [2.75, 3.05) is 39.8 Å². The number of carbonyl (C=O) groups excluding carboxylic acids is 1. The highest BCUT2D eigenvalue weighted by atomic mass is 16.2. The highest BCUT2D eigenvalue weighted by molar-refractivity contribution is 5.94. The lowest BCUT2D eigenvalue weighted by Gasteiger charge is -2.32. The second kappa shape index (κ2) is 8.15. The van der Waals surface area contributed by atoms with Crippen LogP contribution in [-0.4, -0.2) is 71.3 Å². The summed E-state index contributed by atoms with van der Waals surface area (Å²) in [6, 6.07) is 0.406. The number of amides is 1. The zero-order chi connectivity index (χ0) is 17.8. The molecule has 6 heteroatoms. The molecule has 6 nitrogen and oxygen atoms in total. The molecule has 2 aliphatic rings. The number of carbonyl (C=O) groups is 1. The van der Waals surface area contributed by atoms with Gasteiger partial charge in [0.25, 0.3) is 5.91 Å². The monoisotopic (exact) mass is 345 g/mol. The Kier molecular flexibility index (Phi) is 5.91. The van der Waals surface area contributed by atoms with Crippen LogP contribution in [0.15, 0.2) is 12.7 Å². The average Bonchev–Trinajstić information content (AvgIpc) is 2.98. The molecule has 0 spiro atoms. The highest BCUT2D eigenvalue weighted by Crippen LogP contribution is 2.26. The molecule has 1 saturated heterocycles. The fourth-order valence-electron chi connectivity index (χ4n) is 3.84. The molecule has 1 atom stereocenters. The van der Waals surface area contributed by atoms with E-state index in [9.17, 15) is 4.79 Å². The van der Waals surface area contributed by atoms with Gasteiger partial charge in [-0.25, -0.2) is 0 Å². The number of piperazine rings is 1. The summed E-state index contributed by atoms with van der Waals surface area (Å²) in [7, 11) is 2.11. The second-order valence-electron chi connectivity index (χ2n) is 7.23. The number of hydrogen-bond donors (Lipinski definition) is 1. The van der Waals surface area contributed by atoms with Gasteiger partial charge >= 0.3 is 0 Å². The molecule has 0 radical (unpaired) electrons. The van der Waals surface area contributed by atoms with Crippen LogP contribution in [0.2, 0.25) is 0 Å². The summed E-state index contributed by atoms with van der Waals surface area (Å²) in [4.78, 5) is 17.4. The Balaban J connectivity index is 1.83. The summed E-state index contributed by atoms with van der Waals surface area (Å²) in [6.07, 6.45) is 5.91. The zero-order valence-electron chi connectivity index (χ0n) is 15.6. The van der Waals surface area contributed by atoms with Crippen molar-refractivity contribution in [2.45, 2.75) is 45.2 Å². The fourth-order valence-corrected chi connectivity index (χ4v) is 3.84. The first kappa shape index (κ1) is 18.1. The van der Waals surface area contributed by atoms with E-state index in [1.165, 1.54) is 11.3 Å². The van der Waals surface area contributed by atoms with Gasteiger partial charge in [0.15, 0.2) is 5.69 Å². The van der Waals surface area contributed by atoms with E-state index in [0.29, 0.717) is 11.7 Å². The van der Waals surface area contributed by atoms with Gasteiger partial charge in [-0.1, -0.05) is 13.0 Å². The first-order valence-electron chi connectivity index (χ1n) is 9.54. The molecule has 1 amide bonds. The summed E-state index contributed by atoms with van der Waals surface area (Å²) in [5.74, 6) is 0.114. The Labute approximate surface area is 150 Å². The van der Waals surface area contributed by atoms with Crippen LogP contribution in [0.3, 0.4) is 0 Å². The van der Waals surface area contributed by atoms with E-state index in [2.05, 4.69) is 35.4 Å². The van der Waals surface area contributed by atoms with Crippen molar-refractivity contribution in [1.29, 1.82) is 0 Å². The quantitative estimate of drug-likeness (QED) is 0.790. The maximum absolute atomic E-state index is 13.1. The van der Waals surface area contributed by atoms with Crippen LogP contribution < -0.4 is 5.32 Å². The number of aryl methyl sites for hydroxylation is 1. The predicted octanol–water partition coefficient (Wildman–Crippen LogP) is 1.31. The van der Waals surface area contributed by atoms with Gasteiger partial charge < -0.3 is 15.1 Å². The normalized spacial score (nSPS) is 21.2. The summed E-state index contributed by atoms with van der Waals surface area (Å²) < 4.78 is 2.09. The van der Waals surface area contributed by atoms with E-state index < -0.39 is 0 Å². The van der Waals surface area contributed by atoms with E-state index >= 15 is 0 Å². The molecule has 0 bridgehead atoms. The predicted molar refractivity (Wildman–Crippen MR) is 99.9 cm³/mol. The van der Waals surface area contributed by atoms with Crippen LogP contribution in [0.5, 0.6) is 0 Å². The van der Waals surface area contributed by atoms with Gasteiger partial charge in [0.05, 0.1) is 0 Å². The lowest BCUT2D eigenvalue weighted by molar-refractivity contribution is 0.0656. The molecular weight excluding hydrogens is 314 g/mol. The van der Waals surface area contributed by atoms with Gasteiger partial charge in [0, 0.05) is 56.6 Å². The molecule has 1 fully saturated rings. The SMILES string of the molecule is C=CCN[C@@H]1CCc2c(c(C(=O)N3CCN(C)CC3)nn2CCC)C1. The first-order valence-corrected chi connectivity index (χ1v) is 9.54. The largest absolute Gasteiger partial charge is 0.335 e. The number of rotatable bonds is 6. The summed E-state index contributed by atoms with van der Waals surface area (Å²) >= 11 is 0. The van der Waals surface area contributed by atoms with Crippen molar-refractivity contribution in [2.24, 2.45) is 0 Å². The minimum Gasteiger partial charge on any atom is -0.335 e. The molecule has 1 aliphatic carbocycles. The smallest absolute Gasteiger partial charge is 0.274 e. The molecule has 25 heavy (non-hydrogen) atoms. The lowest BCUT2D eigenvalue weighted by atomic mass is 9.91. The number of likely N-dealkylation sites (N-methyl/N-ethyl adjacent to an activating group) is 1. The molecule has 0 unspecified atom stereocenters. The Morgan fingerprint density at radius 1 is 1.36 bits per heavy atom. The van der Waals surface area contributed by atoms with Crippen molar-refractivity contribution >= 4 is 5.91 Å². The van der Waals surface area contributed by atoms with Crippen molar-refractivity contribution in [3.05, 3.63) is 29.6 Å². The van der Waals surface area contributed by atoms with Gasteiger partial charge in [-0.05, 0) is 32.7 Å². The molecule has 1 N–H and O–H groups in total. The van der Waals surface area contributed by atoms with Crippen LogP contribution in [0.4, 0.5) is 0 Å². The van der Waals surface area contributed by atoms with E-state index in [4.69, 9.17) is 5.10 Å². The Hall–Kier alpha value is -1.66. The molecular formula is C19H31N5O. The minimum atomic E-state index is 0.114. The van der Waals surface area contributed by atoms with Gasteiger partial charge in [-0.2, -0.15) is 5.10 Å². The standard InChI is InChI=1S/C19H31N5O/c1-4-8-20-15-6-7-17-16(14-15)18(21-24(17)9-5-2)19(25)23-12-10-22(3)11-13-23/h4,15,20H,1,5-14H2,2-3H3/t15-/m1/s1. The lowest BCUT2D eigenvalue weighted by Crippen LogP contribution is -2.47. The van der Waals surface area contributed by atoms with Gasteiger partial charge in [0.1, 0.15) is 0 Å². The minimum absolute atomic E-state index is 0.114. The maximum atomic E-state index is 13.1. The van der Waals surface area contributed by atoms with Crippen molar-refractivity contribution in [1.82, 2.24) is 24.9 Å². The van der Waals surface area contributed by atoms with Gasteiger partial charge in [-0.15, -0.1) is 6.58 Å². The van der Waals surface area contributed by atoms with Crippen molar-refractivity contribution in [3.63, 3.8) is 0 Å². The molecule has 3 rings (SSSR count). The highest BCUT2D eigenvalue weighted by Gasteiger charge is 2.31.